The first kappa shape index (κ1) is 14.4. The van der Waals surface area contributed by atoms with Crippen molar-refractivity contribution in [2.75, 3.05) is 0 Å². The molecule has 0 unspecified atom stereocenters. The summed E-state index contributed by atoms with van der Waals surface area (Å²) in [5.41, 5.74) is 1.77. The minimum absolute atomic E-state index is 0.0723. The van der Waals surface area contributed by atoms with Crippen LogP contribution in [-0.4, -0.2) is 18.9 Å². The van der Waals surface area contributed by atoms with Crippen LogP contribution in [0.2, 0.25) is 0 Å². The molecule has 0 aliphatic rings. The summed E-state index contributed by atoms with van der Waals surface area (Å²) >= 11 is 0. The molecule has 0 amide bonds. The summed E-state index contributed by atoms with van der Waals surface area (Å²) in [6, 6.07) is 11.8. The van der Waals surface area contributed by atoms with Gasteiger partial charge >= 0.3 is 0 Å². The van der Waals surface area contributed by atoms with Crippen LogP contribution in [0.1, 0.15) is 13.3 Å². The Morgan fingerprint density at radius 2 is 1.92 bits per heavy atom. The zero-order valence-corrected chi connectivity index (χ0v) is 13.0. The average Bonchev–Trinajstić information content (AvgIpc) is 2.89. The number of non-ortho nitro benzene ring substituents is 1. The van der Waals surface area contributed by atoms with E-state index >= 15 is 0 Å². The zero-order valence-electron chi connectivity index (χ0n) is 13.0. The summed E-state index contributed by atoms with van der Waals surface area (Å²) < 4.78 is 3.56. The SMILES string of the molecule is CCCn1c2ccccc2n2c(=O)c3ccc([N+](=O)[O-])cc3nc12. The molecule has 2 aromatic heterocycles. The van der Waals surface area contributed by atoms with Gasteiger partial charge in [-0.05, 0) is 24.6 Å². The van der Waals surface area contributed by atoms with E-state index in [1.54, 1.807) is 4.40 Å². The van der Waals surface area contributed by atoms with Crippen LogP contribution in [0.3, 0.4) is 0 Å². The molecule has 2 heterocycles. The molecule has 0 atom stereocenters. The lowest BCUT2D eigenvalue weighted by atomic mass is 10.2. The van der Waals surface area contributed by atoms with Gasteiger partial charge in [-0.15, -0.1) is 0 Å². The van der Waals surface area contributed by atoms with E-state index in [1.807, 2.05) is 28.8 Å². The zero-order chi connectivity index (χ0) is 16.8. The van der Waals surface area contributed by atoms with E-state index in [4.69, 9.17) is 0 Å². The number of imidazole rings is 1. The number of para-hydroxylation sites is 2. The number of nitro groups is 1. The summed E-state index contributed by atoms with van der Waals surface area (Å²) in [4.78, 5) is 28.0. The lowest BCUT2D eigenvalue weighted by Gasteiger charge is -2.04. The first-order valence-corrected chi connectivity index (χ1v) is 7.70. The fourth-order valence-corrected chi connectivity index (χ4v) is 3.11. The predicted octanol–water partition coefficient (Wildman–Crippen LogP) is 3.12. The Balaban J connectivity index is 2.22. The van der Waals surface area contributed by atoms with Crippen molar-refractivity contribution < 1.29 is 4.92 Å². The summed E-state index contributed by atoms with van der Waals surface area (Å²) in [6.07, 6.45) is 0.886. The van der Waals surface area contributed by atoms with E-state index in [-0.39, 0.29) is 11.2 Å². The quantitative estimate of drug-likeness (QED) is 0.428. The molecule has 7 heteroatoms. The third-order valence-electron chi connectivity index (χ3n) is 4.15. The maximum Gasteiger partial charge on any atom is 0.271 e. The second-order valence-corrected chi connectivity index (χ2v) is 5.65. The summed E-state index contributed by atoms with van der Waals surface area (Å²) in [5, 5.41) is 11.4. The Morgan fingerprint density at radius 3 is 2.62 bits per heavy atom. The molecule has 0 radical (unpaired) electrons. The van der Waals surface area contributed by atoms with E-state index in [2.05, 4.69) is 11.9 Å². The number of benzene rings is 2. The molecule has 4 aromatic rings. The predicted molar refractivity (Wildman–Crippen MR) is 91.4 cm³/mol. The van der Waals surface area contributed by atoms with E-state index < -0.39 is 4.92 Å². The van der Waals surface area contributed by atoms with Gasteiger partial charge in [0.25, 0.3) is 11.2 Å². The number of nitro benzene ring substituents is 1. The van der Waals surface area contributed by atoms with E-state index in [0.29, 0.717) is 23.2 Å². The Labute approximate surface area is 135 Å². The number of aryl methyl sites for hydroxylation is 1. The van der Waals surface area contributed by atoms with Gasteiger partial charge in [0.2, 0.25) is 5.78 Å². The van der Waals surface area contributed by atoms with Crippen LogP contribution in [0.5, 0.6) is 0 Å². The number of hydrogen-bond acceptors (Lipinski definition) is 4. The minimum Gasteiger partial charge on any atom is -0.310 e. The largest absolute Gasteiger partial charge is 0.310 e. The van der Waals surface area contributed by atoms with Crippen molar-refractivity contribution in [1.29, 1.82) is 0 Å². The molecule has 0 fully saturated rings. The van der Waals surface area contributed by atoms with Gasteiger partial charge in [-0.1, -0.05) is 19.1 Å². The van der Waals surface area contributed by atoms with Gasteiger partial charge in [0.05, 0.1) is 26.9 Å². The molecule has 24 heavy (non-hydrogen) atoms. The highest BCUT2D eigenvalue weighted by atomic mass is 16.6. The number of rotatable bonds is 3. The molecule has 0 aliphatic carbocycles. The lowest BCUT2D eigenvalue weighted by Crippen LogP contribution is -2.15. The lowest BCUT2D eigenvalue weighted by molar-refractivity contribution is -0.384. The van der Waals surface area contributed by atoms with Gasteiger partial charge in [-0.2, -0.15) is 0 Å². The van der Waals surface area contributed by atoms with Crippen molar-refractivity contribution in [3.05, 3.63) is 62.9 Å². The average molecular weight is 322 g/mol. The number of hydrogen-bond donors (Lipinski definition) is 0. The van der Waals surface area contributed by atoms with Gasteiger partial charge < -0.3 is 4.57 Å². The van der Waals surface area contributed by atoms with Gasteiger partial charge in [0.15, 0.2) is 0 Å². The molecule has 7 nitrogen and oxygen atoms in total. The van der Waals surface area contributed by atoms with Gasteiger partial charge in [-0.25, -0.2) is 9.38 Å². The molecule has 0 saturated heterocycles. The van der Waals surface area contributed by atoms with Crippen LogP contribution in [0.25, 0.3) is 27.7 Å². The highest BCUT2D eigenvalue weighted by molar-refractivity contribution is 5.86. The van der Waals surface area contributed by atoms with Crippen molar-refractivity contribution in [1.82, 2.24) is 14.0 Å². The van der Waals surface area contributed by atoms with Crippen LogP contribution in [0, 0.1) is 10.1 Å². The van der Waals surface area contributed by atoms with Crippen molar-refractivity contribution >= 4 is 33.4 Å². The molecule has 0 spiro atoms. The van der Waals surface area contributed by atoms with E-state index in [9.17, 15) is 14.9 Å². The fraction of sp³-hybridized carbons (Fsp3) is 0.176. The molecular formula is C17H14N4O3. The number of aromatic nitrogens is 3. The van der Waals surface area contributed by atoms with Crippen molar-refractivity contribution in [3.63, 3.8) is 0 Å². The van der Waals surface area contributed by atoms with Crippen LogP contribution in [0.4, 0.5) is 5.69 Å². The molecule has 0 bridgehead atoms. The second-order valence-electron chi connectivity index (χ2n) is 5.65. The second kappa shape index (κ2) is 5.16. The summed E-state index contributed by atoms with van der Waals surface area (Å²) in [5.74, 6) is 0.510. The van der Waals surface area contributed by atoms with Gasteiger partial charge in [0.1, 0.15) is 0 Å². The summed E-state index contributed by atoms with van der Waals surface area (Å²) in [6.45, 7) is 2.76. The number of fused-ring (bicyclic) bond motifs is 4. The molecule has 0 aliphatic heterocycles. The normalized spacial score (nSPS) is 11.5. The van der Waals surface area contributed by atoms with Gasteiger partial charge in [-0.3, -0.25) is 14.9 Å². The number of nitrogens with zero attached hydrogens (tertiary/aromatic N) is 4. The van der Waals surface area contributed by atoms with E-state index in [1.165, 1.54) is 18.2 Å². The van der Waals surface area contributed by atoms with Crippen LogP contribution >= 0.6 is 0 Å². The van der Waals surface area contributed by atoms with E-state index in [0.717, 1.165) is 17.5 Å². The molecule has 4 rings (SSSR count). The van der Waals surface area contributed by atoms with Crippen molar-refractivity contribution in [2.45, 2.75) is 19.9 Å². The van der Waals surface area contributed by atoms with Crippen LogP contribution in [0.15, 0.2) is 47.3 Å². The minimum atomic E-state index is -0.482. The monoisotopic (exact) mass is 322 g/mol. The molecular weight excluding hydrogens is 308 g/mol. The first-order valence-electron chi connectivity index (χ1n) is 7.70. The smallest absolute Gasteiger partial charge is 0.271 e. The third kappa shape index (κ3) is 1.91. The third-order valence-corrected chi connectivity index (χ3v) is 4.15. The summed E-state index contributed by atoms with van der Waals surface area (Å²) in [7, 11) is 0. The van der Waals surface area contributed by atoms with Crippen LogP contribution < -0.4 is 5.56 Å². The van der Waals surface area contributed by atoms with Gasteiger partial charge in [0, 0.05) is 18.7 Å². The Morgan fingerprint density at radius 1 is 1.17 bits per heavy atom. The molecule has 2 aromatic carbocycles. The van der Waals surface area contributed by atoms with Crippen LogP contribution in [-0.2, 0) is 6.54 Å². The standard InChI is InChI=1S/C17H14N4O3/c1-2-9-19-14-5-3-4-6-15(14)20-16(22)12-8-7-11(21(23)24)10-13(12)18-17(19)20/h3-8,10H,2,9H2,1H3. The molecule has 0 saturated carbocycles. The van der Waals surface area contributed by atoms with Crippen molar-refractivity contribution in [3.8, 4) is 0 Å². The Hall–Kier alpha value is -3.22. The maximum atomic E-state index is 12.9. The highest BCUT2D eigenvalue weighted by Gasteiger charge is 2.17. The molecule has 0 N–H and O–H groups in total. The molecule has 120 valence electrons. The first-order chi connectivity index (χ1) is 11.6. The fourth-order valence-electron chi connectivity index (χ4n) is 3.11. The van der Waals surface area contributed by atoms with Crippen molar-refractivity contribution in [2.24, 2.45) is 0 Å². The topological polar surface area (TPSA) is 82.4 Å². The Bertz CT molecular complexity index is 1170. The Kier molecular flexibility index (Phi) is 3.09. The highest BCUT2D eigenvalue weighted by Crippen LogP contribution is 2.22. The maximum absolute atomic E-state index is 12.9.